The van der Waals surface area contributed by atoms with Crippen molar-refractivity contribution in [1.29, 1.82) is 0 Å². The number of terminal acetylenes is 1. The van der Waals surface area contributed by atoms with Crippen LogP contribution in [0.5, 0.6) is 0 Å². The predicted molar refractivity (Wildman–Crippen MR) is 91.5 cm³/mol. The first-order valence-corrected chi connectivity index (χ1v) is 7.88. The van der Waals surface area contributed by atoms with Crippen molar-refractivity contribution in [2.75, 3.05) is 0 Å². The van der Waals surface area contributed by atoms with Crippen molar-refractivity contribution in [1.82, 2.24) is 10.6 Å². The Hall–Kier alpha value is -2.88. The Balaban J connectivity index is 2.84. The molecular weight excluding hydrogens is 325 g/mol. The van der Waals surface area contributed by atoms with Gasteiger partial charge in [0, 0.05) is 19.8 Å². The number of primary amides is 1. The fourth-order valence-corrected chi connectivity index (χ4v) is 2.30. The summed E-state index contributed by atoms with van der Waals surface area (Å²) in [6, 6.07) is 4.02. The molecule has 0 unspecified atom stereocenters. The summed E-state index contributed by atoms with van der Waals surface area (Å²) in [5.74, 6) is 0.209. The van der Waals surface area contributed by atoms with Crippen LogP contribution >= 0.6 is 0 Å². The van der Waals surface area contributed by atoms with Gasteiger partial charge in [-0.15, -0.1) is 12.3 Å². The van der Waals surface area contributed by atoms with Gasteiger partial charge < -0.3 is 16.4 Å². The number of halogens is 1. The molecule has 0 aliphatic rings. The highest BCUT2D eigenvalue weighted by molar-refractivity contribution is 5.91. The summed E-state index contributed by atoms with van der Waals surface area (Å²) < 4.78 is 13.8. The van der Waals surface area contributed by atoms with E-state index in [1.807, 2.05) is 0 Å². The summed E-state index contributed by atoms with van der Waals surface area (Å²) in [4.78, 5) is 35.3. The number of carbonyl (C=O) groups excluding carboxylic acids is 3. The third-order valence-corrected chi connectivity index (χ3v) is 3.55. The van der Waals surface area contributed by atoms with Crippen molar-refractivity contribution in [2.24, 2.45) is 5.73 Å². The normalized spacial score (nSPS) is 12.5. The summed E-state index contributed by atoms with van der Waals surface area (Å²) in [5.41, 5.74) is 5.57. The van der Waals surface area contributed by atoms with Crippen LogP contribution in [-0.2, 0) is 20.8 Å². The minimum absolute atomic E-state index is 0.0477. The van der Waals surface area contributed by atoms with Gasteiger partial charge in [0.25, 0.3) is 0 Å². The van der Waals surface area contributed by atoms with Gasteiger partial charge in [0.15, 0.2) is 0 Å². The number of carbonyl (C=O) groups is 3. The van der Waals surface area contributed by atoms with E-state index in [1.54, 1.807) is 6.07 Å². The van der Waals surface area contributed by atoms with Gasteiger partial charge in [0.1, 0.15) is 17.9 Å². The smallest absolute Gasteiger partial charge is 0.243 e. The van der Waals surface area contributed by atoms with Gasteiger partial charge in [-0.2, -0.15) is 0 Å². The van der Waals surface area contributed by atoms with Crippen LogP contribution in [0.1, 0.15) is 31.7 Å². The maximum absolute atomic E-state index is 13.8. The summed E-state index contributed by atoms with van der Waals surface area (Å²) in [6.45, 7) is 1.25. The van der Waals surface area contributed by atoms with Crippen LogP contribution in [0.2, 0.25) is 0 Å². The molecule has 0 aliphatic carbocycles. The van der Waals surface area contributed by atoms with Crippen LogP contribution in [0.3, 0.4) is 0 Å². The third kappa shape index (κ3) is 7.04. The molecule has 0 saturated carbocycles. The molecule has 0 fully saturated rings. The average Bonchev–Trinajstić information content (AvgIpc) is 2.54. The zero-order valence-corrected chi connectivity index (χ0v) is 14.0. The van der Waals surface area contributed by atoms with E-state index in [9.17, 15) is 18.8 Å². The standard InChI is InChI=1S/C18H22FN3O3/c1-3-4-5-10-15(17(20)24)22-18(25)16(21-12(2)23)11-13-8-6-7-9-14(13)19/h1,6-9,15-16H,4-5,10-11H2,2H3,(H2,20,24)(H,21,23)(H,22,25)/t15-,16-/m0/s1. The lowest BCUT2D eigenvalue weighted by atomic mass is 10.0. The first-order chi connectivity index (χ1) is 11.8. The Kier molecular flexibility index (Phi) is 8.13. The Bertz CT molecular complexity index is 670. The number of rotatable bonds is 9. The predicted octanol–water partition coefficient (Wildman–Crippen LogP) is 0.647. The van der Waals surface area contributed by atoms with Gasteiger partial charge in [-0.3, -0.25) is 14.4 Å². The Morgan fingerprint density at radius 2 is 1.92 bits per heavy atom. The van der Waals surface area contributed by atoms with E-state index in [4.69, 9.17) is 12.2 Å². The molecule has 3 amide bonds. The summed E-state index contributed by atoms with van der Waals surface area (Å²) in [6.07, 6.45) is 6.37. The zero-order valence-electron chi connectivity index (χ0n) is 14.0. The molecule has 0 aliphatic heterocycles. The number of nitrogens with two attached hydrogens (primary N) is 1. The Labute approximate surface area is 146 Å². The minimum atomic E-state index is -1.02. The largest absolute Gasteiger partial charge is 0.368 e. The van der Waals surface area contributed by atoms with Crippen molar-refractivity contribution < 1.29 is 18.8 Å². The van der Waals surface area contributed by atoms with Gasteiger partial charge >= 0.3 is 0 Å². The monoisotopic (exact) mass is 347 g/mol. The minimum Gasteiger partial charge on any atom is -0.368 e. The number of unbranched alkanes of at least 4 members (excludes halogenated alkanes) is 1. The van der Waals surface area contributed by atoms with Gasteiger partial charge in [0.2, 0.25) is 17.7 Å². The van der Waals surface area contributed by atoms with Crippen molar-refractivity contribution in [2.45, 2.75) is 44.7 Å². The maximum atomic E-state index is 13.8. The summed E-state index contributed by atoms with van der Waals surface area (Å²) in [5, 5.41) is 4.97. The zero-order chi connectivity index (χ0) is 18.8. The molecule has 4 N–H and O–H groups in total. The van der Waals surface area contributed by atoms with Gasteiger partial charge in [-0.05, 0) is 24.5 Å². The van der Waals surface area contributed by atoms with Crippen LogP contribution < -0.4 is 16.4 Å². The topological polar surface area (TPSA) is 101 Å². The second kappa shape index (κ2) is 10.1. The highest BCUT2D eigenvalue weighted by atomic mass is 19.1. The molecule has 6 nitrogen and oxygen atoms in total. The molecule has 0 aromatic heterocycles. The van der Waals surface area contributed by atoms with E-state index in [0.29, 0.717) is 12.8 Å². The lowest BCUT2D eigenvalue weighted by molar-refractivity contribution is -0.130. The van der Waals surface area contributed by atoms with Crippen LogP contribution in [0, 0.1) is 18.2 Å². The second-order valence-electron chi connectivity index (χ2n) is 5.61. The van der Waals surface area contributed by atoms with Gasteiger partial charge in [-0.1, -0.05) is 18.2 Å². The number of benzene rings is 1. The van der Waals surface area contributed by atoms with Gasteiger partial charge in [0.05, 0.1) is 0 Å². The van der Waals surface area contributed by atoms with E-state index < -0.39 is 35.6 Å². The number of nitrogens with one attached hydrogen (secondary N) is 2. The van der Waals surface area contributed by atoms with Crippen molar-refractivity contribution in [3.63, 3.8) is 0 Å². The van der Waals surface area contributed by atoms with Crippen LogP contribution in [0.15, 0.2) is 24.3 Å². The van der Waals surface area contributed by atoms with Crippen molar-refractivity contribution >= 4 is 17.7 Å². The number of amides is 3. The lowest BCUT2D eigenvalue weighted by Crippen LogP contribution is -2.53. The van der Waals surface area contributed by atoms with Crippen molar-refractivity contribution in [3.05, 3.63) is 35.6 Å². The molecule has 0 heterocycles. The average molecular weight is 347 g/mol. The van der Waals surface area contributed by atoms with Gasteiger partial charge in [-0.25, -0.2) is 4.39 Å². The SMILES string of the molecule is C#CCCC[C@H](NC(=O)[C@H](Cc1ccccc1F)NC(C)=O)C(N)=O. The molecule has 134 valence electrons. The van der Waals surface area contributed by atoms with E-state index in [1.165, 1.54) is 25.1 Å². The first kappa shape index (κ1) is 20.2. The molecule has 1 aromatic rings. The highest BCUT2D eigenvalue weighted by Crippen LogP contribution is 2.10. The number of hydrogen-bond donors (Lipinski definition) is 3. The van der Waals surface area contributed by atoms with Crippen LogP contribution in [0.4, 0.5) is 4.39 Å². The van der Waals surface area contributed by atoms with E-state index >= 15 is 0 Å². The third-order valence-electron chi connectivity index (χ3n) is 3.55. The maximum Gasteiger partial charge on any atom is 0.243 e. The fraction of sp³-hybridized carbons (Fsp3) is 0.389. The molecule has 1 rings (SSSR count). The fourth-order valence-electron chi connectivity index (χ4n) is 2.30. The summed E-state index contributed by atoms with van der Waals surface area (Å²) in [7, 11) is 0. The molecular formula is C18H22FN3O3. The lowest BCUT2D eigenvalue weighted by Gasteiger charge is -2.21. The van der Waals surface area contributed by atoms with E-state index in [2.05, 4.69) is 16.6 Å². The molecule has 2 atom stereocenters. The Morgan fingerprint density at radius 3 is 2.48 bits per heavy atom. The van der Waals surface area contributed by atoms with E-state index in [0.717, 1.165) is 0 Å². The van der Waals surface area contributed by atoms with Crippen LogP contribution in [0.25, 0.3) is 0 Å². The number of hydrogen-bond acceptors (Lipinski definition) is 3. The quantitative estimate of drug-likeness (QED) is 0.451. The summed E-state index contributed by atoms with van der Waals surface area (Å²) >= 11 is 0. The molecule has 25 heavy (non-hydrogen) atoms. The molecule has 0 saturated heterocycles. The Morgan fingerprint density at radius 1 is 1.24 bits per heavy atom. The highest BCUT2D eigenvalue weighted by Gasteiger charge is 2.25. The molecule has 1 aromatic carbocycles. The molecule has 0 radical (unpaired) electrons. The second-order valence-corrected chi connectivity index (χ2v) is 5.61. The molecule has 7 heteroatoms. The van der Waals surface area contributed by atoms with Crippen LogP contribution in [-0.4, -0.2) is 29.8 Å². The molecule has 0 bridgehead atoms. The first-order valence-electron chi connectivity index (χ1n) is 7.88. The molecule has 0 spiro atoms. The van der Waals surface area contributed by atoms with Crippen molar-refractivity contribution in [3.8, 4) is 12.3 Å². The van der Waals surface area contributed by atoms with E-state index in [-0.39, 0.29) is 18.4 Å².